The van der Waals surface area contributed by atoms with E-state index >= 15 is 0 Å². The Labute approximate surface area is 161 Å². The molecular formula is C24H40O2. The summed E-state index contributed by atoms with van der Waals surface area (Å²) in [4.78, 5) is 12.3. The van der Waals surface area contributed by atoms with E-state index in [0.29, 0.717) is 6.42 Å². The summed E-state index contributed by atoms with van der Waals surface area (Å²) in [5.74, 6) is 0.494. The lowest BCUT2D eigenvalue weighted by molar-refractivity contribution is 0.0978. The summed E-state index contributed by atoms with van der Waals surface area (Å²) in [6.45, 7) is 6.01. The number of phenols is 1. The fraction of sp³-hybridized carbons (Fsp3) is 0.708. The van der Waals surface area contributed by atoms with E-state index in [1.165, 1.54) is 70.6 Å². The van der Waals surface area contributed by atoms with Crippen LogP contribution in [0.4, 0.5) is 0 Å². The van der Waals surface area contributed by atoms with Crippen LogP contribution < -0.4 is 0 Å². The molecule has 1 rings (SSSR count). The minimum absolute atomic E-state index is 0.216. The normalized spacial score (nSPS) is 11.0. The van der Waals surface area contributed by atoms with Crippen LogP contribution in [-0.2, 0) is 0 Å². The molecule has 2 nitrogen and oxygen atoms in total. The second-order valence-electron chi connectivity index (χ2n) is 7.87. The van der Waals surface area contributed by atoms with Crippen LogP contribution in [0.2, 0.25) is 0 Å². The second kappa shape index (κ2) is 13.8. The maximum absolute atomic E-state index is 12.3. The van der Waals surface area contributed by atoms with Crippen molar-refractivity contribution in [1.29, 1.82) is 0 Å². The maximum atomic E-state index is 12.3. The van der Waals surface area contributed by atoms with Gasteiger partial charge in [-0.15, -0.1) is 0 Å². The Morgan fingerprint density at radius 3 is 1.69 bits per heavy atom. The van der Waals surface area contributed by atoms with Gasteiger partial charge in [0.1, 0.15) is 5.75 Å². The van der Waals surface area contributed by atoms with Gasteiger partial charge < -0.3 is 5.11 Å². The largest absolute Gasteiger partial charge is 0.508 e. The predicted molar refractivity (Wildman–Crippen MR) is 112 cm³/mol. The molecule has 0 fully saturated rings. The molecule has 0 spiro atoms. The third kappa shape index (κ3) is 9.40. The highest BCUT2D eigenvalue weighted by Crippen LogP contribution is 2.23. The van der Waals surface area contributed by atoms with Crippen molar-refractivity contribution in [2.45, 2.75) is 111 Å². The summed E-state index contributed by atoms with van der Waals surface area (Å²) in [7, 11) is 0. The fourth-order valence-electron chi connectivity index (χ4n) is 3.54. The van der Waals surface area contributed by atoms with Gasteiger partial charge in [-0.2, -0.15) is 0 Å². The smallest absolute Gasteiger partial charge is 0.163 e. The predicted octanol–water partition coefficient (Wildman–Crippen LogP) is 7.67. The number of benzene rings is 1. The Balaban J connectivity index is 2.01. The Morgan fingerprint density at radius 1 is 0.731 bits per heavy atom. The van der Waals surface area contributed by atoms with Crippen molar-refractivity contribution in [2.75, 3.05) is 0 Å². The Kier molecular flexibility index (Phi) is 12.1. The molecule has 1 aromatic rings. The average molecular weight is 361 g/mol. The number of hydrogen-bond donors (Lipinski definition) is 1. The molecule has 0 heterocycles. The zero-order chi connectivity index (χ0) is 19.2. The van der Waals surface area contributed by atoms with E-state index < -0.39 is 0 Å². The first-order valence-corrected chi connectivity index (χ1v) is 10.9. The third-order valence-corrected chi connectivity index (χ3v) is 5.35. The second-order valence-corrected chi connectivity index (χ2v) is 7.87. The molecule has 0 aliphatic heterocycles. The van der Waals surface area contributed by atoms with Crippen LogP contribution in [0.3, 0.4) is 0 Å². The molecule has 0 unspecified atom stereocenters. The average Bonchev–Trinajstić information content (AvgIpc) is 2.62. The first kappa shape index (κ1) is 22.7. The van der Waals surface area contributed by atoms with Crippen molar-refractivity contribution in [3.63, 3.8) is 0 Å². The molecule has 148 valence electrons. The lowest BCUT2D eigenvalue weighted by Gasteiger charge is -2.08. The van der Waals surface area contributed by atoms with Crippen LogP contribution in [0.1, 0.15) is 118 Å². The molecular weight excluding hydrogens is 320 g/mol. The molecule has 0 aliphatic rings. The third-order valence-electron chi connectivity index (χ3n) is 5.35. The van der Waals surface area contributed by atoms with Gasteiger partial charge in [0.15, 0.2) is 5.78 Å². The summed E-state index contributed by atoms with van der Waals surface area (Å²) in [5.41, 5.74) is 2.44. The van der Waals surface area contributed by atoms with Crippen LogP contribution in [0.25, 0.3) is 0 Å². The highest BCUT2D eigenvalue weighted by molar-refractivity contribution is 5.97. The number of phenolic OH excluding ortho intramolecular Hbond substituents is 1. The van der Waals surface area contributed by atoms with Crippen molar-refractivity contribution in [2.24, 2.45) is 0 Å². The van der Waals surface area contributed by atoms with Crippen LogP contribution in [0, 0.1) is 13.8 Å². The summed E-state index contributed by atoms with van der Waals surface area (Å²) >= 11 is 0. The maximum Gasteiger partial charge on any atom is 0.163 e. The number of rotatable bonds is 15. The highest BCUT2D eigenvalue weighted by Gasteiger charge is 2.11. The fourth-order valence-corrected chi connectivity index (χ4v) is 3.54. The number of hydrogen-bond acceptors (Lipinski definition) is 2. The summed E-state index contributed by atoms with van der Waals surface area (Å²) in [5, 5.41) is 9.69. The first-order chi connectivity index (χ1) is 12.6. The first-order valence-electron chi connectivity index (χ1n) is 10.9. The van der Waals surface area contributed by atoms with Crippen molar-refractivity contribution in [3.8, 4) is 5.75 Å². The van der Waals surface area contributed by atoms with Gasteiger partial charge in [-0.1, -0.05) is 84.0 Å². The SMILES string of the molecule is CCCCCCCCCCCCCCCC(=O)c1cc(C)c(O)cc1C. The molecule has 26 heavy (non-hydrogen) atoms. The molecule has 1 N–H and O–H groups in total. The molecule has 0 radical (unpaired) electrons. The molecule has 0 amide bonds. The lowest BCUT2D eigenvalue weighted by Crippen LogP contribution is -2.02. The zero-order valence-corrected chi connectivity index (χ0v) is 17.4. The van der Waals surface area contributed by atoms with E-state index in [9.17, 15) is 9.90 Å². The van der Waals surface area contributed by atoms with E-state index in [-0.39, 0.29) is 11.5 Å². The summed E-state index contributed by atoms with van der Waals surface area (Å²) < 4.78 is 0. The minimum atomic E-state index is 0.216. The van der Waals surface area contributed by atoms with Gasteiger partial charge in [-0.05, 0) is 43.5 Å². The molecule has 0 atom stereocenters. The number of Topliss-reactive ketones (excluding diaryl/α,β-unsaturated/α-hetero) is 1. The van der Waals surface area contributed by atoms with E-state index in [1.807, 2.05) is 19.9 Å². The van der Waals surface area contributed by atoms with Crippen LogP contribution in [0.15, 0.2) is 12.1 Å². The number of aryl methyl sites for hydroxylation is 2. The standard InChI is InChI=1S/C24H40O2/c1-4-5-6-7-8-9-10-11-12-13-14-15-16-17-23(25)22-18-21(3)24(26)19-20(22)2/h18-19,26H,4-17H2,1-3H3. The van der Waals surface area contributed by atoms with Gasteiger partial charge >= 0.3 is 0 Å². The van der Waals surface area contributed by atoms with Gasteiger partial charge in [0.2, 0.25) is 0 Å². The summed E-state index contributed by atoms with van der Waals surface area (Å²) in [6.07, 6.45) is 17.8. The van der Waals surface area contributed by atoms with Gasteiger partial charge in [-0.25, -0.2) is 0 Å². The molecule has 2 heteroatoms. The van der Waals surface area contributed by atoms with Gasteiger partial charge in [0.05, 0.1) is 0 Å². The summed E-state index contributed by atoms with van der Waals surface area (Å²) in [6, 6.07) is 3.53. The number of carbonyl (C=O) groups excluding carboxylic acids is 1. The molecule has 0 saturated heterocycles. The van der Waals surface area contributed by atoms with E-state index in [2.05, 4.69) is 6.92 Å². The van der Waals surface area contributed by atoms with E-state index in [4.69, 9.17) is 0 Å². The Bertz CT molecular complexity index is 519. The van der Waals surface area contributed by atoms with Gasteiger partial charge in [-0.3, -0.25) is 4.79 Å². The molecule has 0 aromatic heterocycles. The lowest BCUT2D eigenvalue weighted by atomic mass is 9.97. The number of ketones is 1. The molecule has 0 aliphatic carbocycles. The van der Waals surface area contributed by atoms with Crippen LogP contribution >= 0.6 is 0 Å². The van der Waals surface area contributed by atoms with Crippen molar-refractivity contribution in [1.82, 2.24) is 0 Å². The number of carbonyl (C=O) groups is 1. The van der Waals surface area contributed by atoms with Crippen LogP contribution in [-0.4, -0.2) is 10.9 Å². The Morgan fingerprint density at radius 2 is 1.19 bits per heavy atom. The monoisotopic (exact) mass is 360 g/mol. The number of unbranched alkanes of at least 4 members (excludes halogenated alkanes) is 12. The molecule has 1 aromatic carbocycles. The van der Waals surface area contributed by atoms with Gasteiger partial charge in [0, 0.05) is 12.0 Å². The molecule has 0 bridgehead atoms. The quantitative estimate of drug-likeness (QED) is 0.257. The topological polar surface area (TPSA) is 37.3 Å². The number of aromatic hydroxyl groups is 1. The zero-order valence-electron chi connectivity index (χ0n) is 17.4. The van der Waals surface area contributed by atoms with Crippen molar-refractivity contribution < 1.29 is 9.90 Å². The minimum Gasteiger partial charge on any atom is -0.508 e. The van der Waals surface area contributed by atoms with E-state index in [0.717, 1.165) is 29.5 Å². The van der Waals surface area contributed by atoms with Crippen LogP contribution in [0.5, 0.6) is 5.75 Å². The molecule has 0 saturated carbocycles. The van der Waals surface area contributed by atoms with Crippen molar-refractivity contribution in [3.05, 3.63) is 28.8 Å². The van der Waals surface area contributed by atoms with Gasteiger partial charge in [0.25, 0.3) is 0 Å². The Hall–Kier alpha value is -1.31. The van der Waals surface area contributed by atoms with Crippen molar-refractivity contribution >= 4 is 5.78 Å². The van der Waals surface area contributed by atoms with E-state index in [1.54, 1.807) is 6.07 Å². The highest BCUT2D eigenvalue weighted by atomic mass is 16.3.